The summed E-state index contributed by atoms with van der Waals surface area (Å²) in [7, 11) is 0. The minimum absolute atomic E-state index is 0.228. The number of benzene rings is 2. The lowest BCUT2D eigenvalue weighted by molar-refractivity contribution is 0.620. The van der Waals surface area contributed by atoms with E-state index in [4.69, 9.17) is 0 Å². The molecular formula is C16H17BrFN. The van der Waals surface area contributed by atoms with Crippen LogP contribution in [0.4, 0.5) is 10.1 Å². The van der Waals surface area contributed by atoms with Crippen LogP contribution in [0.25, 0.3) is 0 Å². The van der Waals surface area contributed by atoms with Crippen molar-refractivity contribution in [3.8, 4) is 0 Å². The second kappa shape index (κ2) is 6.20. The first-order chi connectivity index (χ1) is 9.11. The maximum atomic E-state index is 13.2. The first-order valence-corrected chi connectivity index (χ1v) is 7.17. The minimum Gasteiger partial charge on any atom is -0.381 e. The van der Waals surface area contributed by atoms with Gasteiger partial charge in [0.15, 0.2) is 0 Å². The average molecular weight is 322 g/mol. The third-order valence-electron chi connectivity index (χ3n) is 3.19. The number of para-hydroxylation sites is 1. The molecule has 0 aliphatic rings. The fourth-order valence-corrected chi connectivity index (χ4v) is 2.54. The van der Waals surface area contributed by atoms with Crippen LogP contribution in [0.1, 0.15) is 23.6 Å². The van der Waals surface area contributed by atoms with E-state index in [-0.39, 0.29) is 5.82 Å². The summed E-state index contributed by atoms with van der Waals surface area (Å²) in [6, 6.07) is 11.4. The van der Waals surface area contributed by atoms with E-state index in [2.05, 4.69) is 53.3 Å². The molecule has 0 radical (unpaired) electrons. The second-order valence-electron chi connectivity index (χ2n) is 4.56. The highest BCUT2D eigenvalue weighted by atomic mass is 79.9. The van der Waals surface area contributed by atoms with Crippen LogP contribution in [-0.4, -0.2) is 0 Å². The van der Waals surface area contributed by atoms with Crippen LogP contribution in [0.2, 0.25) is 0 Å². The number of hydrogen-bond donors (Lipinski definition) is 1. The lowest BCUT2D eigenvalue weighted by Gasteiger charge is -2.14. The third-order valence-corrected chi connectivity index (χ3v) is 3.80. The average Bonchev–Trinajstić information content (AvgIpc) is 2.41. The van der Waals surface area contributed by atoms with Gasteiger partial charge in [0.25, 0.3) is 0 Å². The SMILES string of the molecule is CCc1cccc(C)c1NCc1ccc(F)c(Br)c1. The summed E-state index contributed by atoms with van der Waals surface area (Å²) in [6.45, 7) is 4.94. The van der Waals surface area contributed by atoms with Gasteiger partial charge in [-0.05, 0) is 58.1 Å². The Hall–Kier alpha value is -1.35. The molecule has 0 aromatic heterocycles. The van der Waals surface area contributed by atoms with E-state index in [1.165, 1.54) is 22.9 Å². The Morgan fingerprint density at radius 3 is 2.68 bits per heavy atom. The van der Waals surface area contributed by atoms with Crippen molar-refractivity contribution in [2.24, 2.45) is 0 Å². The normalized spacial score (nSPS) is 10.5. The summed E-state index contributed by atoms with van der Waals surface area (Å²) in [4.78, 5) is 0. The molecule has 0 spiro atoms. The van der Waals surface area contributed by atoms with Crippen LogP contribution in [0.15, 0.2) is 40.9 Å². The van der Waals surface area contributed by atoms with Gasteiger partial charge in [0.2, 0.25) is 0 Å². The van der Waals surface area contributed by atoms with Crippen LogP contribution < -0.4 is 5.32 Å². The molecule has 1 N–H and O–H groups in total. The summed E-state index contributed by atoms with van der Waals surface area (Å²) in [5.41, 5.74) is 4.78. The van der Waals surface area contributed by atoms with Gasteiger partial charge >= 0.3 is 0 Å². The maximum absolute atomic E-state index is 13.2. The zero-order valence-electron chi connectivity index (χ0n) is 11.1. The molecule has 0 saturated carbocycles. The smallest absolute Gasteiger partial charge is 0.137 e. The molecule has 100 valence electrons. The number of aryl methyl sites for hydroxylation is 2. The van der Waals surface area contributed by atoms with E-state index >= 15 is 0 Å². The van der Waals surface area contributed by atoms with Crippen LogP contribution >= 0.6 is 15.9 Å². The number of hydrogen-bond acceptors (Lipinski definition) is 1. The Morgan fingerprint density at radius 2 is 2.00 bits per heavy atom. The van der Waals surface area contributed by atoms with Gasteiger partial charge < -0.3 is 5.32 Å². The van der Waals surface area contributed by atoms with Gasteiger partial charge in [0.1, 0.15) is 5.82 Å². The van der Waals surface area contributed by atoms with Crippen molar-refractivity contribution in [3.63, 3.8) is 0 Å². The quantitative estimate of drug-likeness (QED) is 0.828. The molecule has 0 bridgehead atoms. The van der Waals surface area contributed by atoms with E-state index < -0.39 is 0 Å². The molecular weight excluding hydrogens is 305 g/mol. The molecule has 3 heteroatoms. The van der Waals surface area contributed by atoms with Crippen LogP contribution in [0.5, 0.6) is 0 Å². The molecule has 2 aromatic carbocycles. The molecule has 0 fully saturated rings. The lowest BCUT2D eigenvalue weighted by atomic mass is 10.1. The Labute approximate surface area is 122 Å². The van der Waals surface area contributed by atoms with E-state index in [0.29, 0.717) is 11.0 Å². The zero-order chi connectivity index (χ0) is 13.8. The van der Waals surface area contributed by atoms with E-state index in [1.54, 1.807) is 6.07 Å². The molecule has 1 nitrogen and oxygen atoms in total. The Bertz CT molecular complexity index is 581. The van der Waals surface area contributed by atoms with E-state index in [1.807, 2.05) is 6.07 Å². The fraction of sp³-hybridized carbons (Fsp3) is 0.250. The molecule has 0 heterocycles. The molecule has 0 atom stereocenters. The third kappa shape index (κ3) is 3.35. The molecule has 19 heavy (non-hydrogen) atoms. The number of nitrogens with one attached hydrogen (secondary N) is 1. The number of halogens is 2. The summed E-state index contributed by atoms with van der Waals surface area (Å²) >= 11 is 3.21. The van der Waals surface area contributed by atoms with Crippen molar-refractivity contribution >= 4 is 21.6 Å². The zero-order valence-corrected chi connectivity index (χ0v) is 12.7. The highest BCUT2D eigenvalue weighted by Gasteiger charge is 2.05. The fourth-order valence-electron chi connectivity index (χ4n) is 2.12. The number of anilines is 1. The van der Waals surface area contributed by atoms with Gasteiger partial charge in [0, 0.05) is 12.2 Å². The highest BCUT2D eigenvalue weighted by Crippen LogP contribution is 2.23. The topological polar surface area (TPSA) is 12.0 Å². The van der Waals surface area contributed by atoms with Crippen molar-refractivity contribution in [1.29, 1.82) is 0 Å². The highest BCUT2D eigenvalue weighted by molar-refractivity contribution is 9.10. The van der Waals surface area contributed by atoms with Crippen LogP contribution in [0, 0.1) is 12.7 Å². The van der Waals surface area contributed by atoms with Gasteiger partial charge in [-0.1, -0.05) is 31.2 Å². The van der Waals surface area contributed by atoms with Crippen LogP contribution in [0.3, 0.4) is 0 Å². The second-order valence-corrected chi connectivity index (χ2v) is 5.42. The lowest BCUT2D eigenvalue weighted by Crippen LogP contribution is -2.04. The maximum Gasteiger partial charge on any atom is 0.137 e. The van der Waals surface area contributed by atoms with Crippen LogP contribution in [-0.2, 0) is 13.0 Å². The van der Waals surface area contributed by atoms with Crippen molar-refractivity contribution < 1.29 is 4.39 Å². The van der Waals surface area contributed by atoms with Crippen molar-refractivity contribution in [3.05, 3.63) is 63.4 Å². The molecule has 0 unspecified atom stereocenters. The van der Waals surface area contributed by atoms with E-state index in [9.17, 15) is 4.39 Å². The summed E-state index contributed by atoms with van der Waals surface area (Å²) in [5.74, 6) is -0.228. The number of rotatable bonds is 4. The molecule has 0 aliphatic carbocycles. The molecule has 2 rings (SSSR count). The molecule has 2 aromatic rings. The minimum atomic E-state index is -0.228. The van der Waals surface area contributed by atoms with Crippen molar-refractivity contribution in [1.82, 2.24) is 0 Å². The van der Waals surface area contributed by atoms with Gasteiger partial charge in [-0.15, -0.1) is 0 Å². The van der Waals surface area contributed by atoms with Gasteiger partial charge in [0.05, 0.1) is 4.47 Å². The molecule has 0 saturated heterocycles. The molecule has 0 aliphatic heterocycles. The predicted octanol–water partition coefficient (Wildman–Crippen LogP) is 5.07. The van der Waals surface area contributed by atoms with E-state index in [0.717, 1.165) is 12.0 Å². The first kappa shape index (κ1) is 14.1. The predicted molar refractivity (Wildman–Crippen MR) is 82.0 cm³/mol. The van der Waals surface area contributed by atoms with Crippen molar-refractivity contribution in [2.45, 2.75) is 26.8 Å². The van der Waals surface area contributed by atoms with Gasteiger partial charge in [-0.3, -0.25) is 0 Å². The Balaban J connectivity index is 2.16. The molecule has 0 amide bonds. The Morgan fingerprint density at radius 1 is 1.21 bits per heavy atom. The largest absolute Gasteiger partial charge is 0.381 e. The summed E-state index contributed by atoms with van der Waals surface area (Å²) < 4.78 is 13.7. The van der Waals surface area contributed by atoms with Crippen molar-refractivity contribution in [2.75, 3.05) is 5.32 Å². The summed E-state index contributed by atoms with van der Waals surface area (Å²) in [6.07, 6.45) is 0.997. The first-order valence-electron chi connectivity index (χ1n) is 6.38. The standard InChI is InChI=1S/C16H17BrFN/c1-3-13-6-4-5-11(2)16(13)19-10-12-7-8-15(18)14(17)9-12/h4-9,19H,3,10H2,1-2H3. The summed E-state index contributed by atoms with van der Waals surface area (Å²) in [5, 5.41) is 3.45. The van der Waals surface area contributed by atoms with Gasteiger partial charge in [-0.25, -0.2) is 4.39 Å². The van der Waals surface area contributed by atoms with Gasteiger partial charge in [-0.2, -0.15) is 0 Å². The Kier molecular flexibility index (Phi) is 4.59. The monoisotopic (exact) mass is 321 g/mol.